The van der Waals surface area contributed by atoms with E-state index in [0.717, 1.165) is 22.4 Å². The fraction of sp³-hybridized carbons (Fsp3) is 0.105. The minimum atomic E-state index is -0.856. The summed E-state index contributed by atoms with van der Waals surface area (Å²) in [5.74, 6) is -0.682. The normalized spacial score (nSPS) is 10.4. The number of non-ortho nitro benzene ring substituents is 1. The number of anilines is 1. The topological polar surface area (TPSA) is 136 Å². The smallest absolute Gasteiger partial charge is 0.333 e. The summed E-state index contributed by atoms with van der Waals surface area (Å²) < 4.78 is 5.92. The van der Waals surface area contributed by atoms with Crippen LogP contribution >= 0.6 is 0 Å². The van der Waals surface area contributed by atoms with Gasteiger partial charge in [0.25, 0.3) is 17.2 Å². The molecule has 148 valence electrons. The maximum Gasteiger partial charge on any atom is 0.333 e. The van der Waals surface area contributed by atoms with E-state index in [2.05, 4.69) is 10.3 Å². The van der Waals surface area contributed by atoms with Crippen LogP contribution in [0.4, 0.5) is 11.4 Å². The average molecular weight is 396 g/mol. The van der Waals surface area contributed by atoms with E-state index in [1.165, 1.54) is 19.2 Å². The number of nitrogens with zero attached hydrogens (tertiary/aromatic N) is 2. The van der Waals surface area contributed by atoms with E-state index in [1.54, 1.807) is 24.3 Å². The number of aromatic amines is 1. The highest BCUT2D eigenvalue weighted by Gasteiger charge is 2.19. The fourth-order valence-electron chi connectivity index (χ4n) is 2.66. The Morgan fingerprint density at radius 2 is 1.86 bits per heavy atom. The Balaban J connectivity index is 2.03. The monoisotopic (exact) mass is 396 g/mol. The van der Waals surface area contributed by atoms with Gasteiger partial charge in [-0.25, -0.2) is 9.36 Å². The first-order chi connectivity index (χ1) is 13.8. The molecule has 3 rings (SSSR count). The van der Waals surface area contributed by atoms with Crippen LogP contribution in [0.5, 0.6) is 5.75 Å². The quantitative estimate of drug-likeness (QED) is 0.500. The summed E-state index contributed by atoms with van der Waals surface area (Å²) in [5, 5.41) is 13.4. The van der Waals surface area contributed by atoms with Gasteiger partial charge in [-0.2, -0.15) is 0 Å². The van der Waals surface area contributed by atoms with Crippen LogP contribution in [0.15, 0.2) is 58.3 Å². The van der Waals surface area contributed by atoms with Gasteiger partial charge in [0.1, 0.15) is 11.3 Å². The minimum absolute atomic E-state index is 0.0131. The highest BCUT2D eigenvalue weighted by Crippen LogP contribution is 2.29. The van der Waals surface area contributed by atoms with Gasteiger partial charge in [0.05, 0.1) is 23.4 Å². The molecule has 0 unspecified atom stereocenters. The molecule has 0 aliphatic rings. The number of H-pyrrole nitrogens is 1. The van der Waals surface area contributed by atoms with Crippen LogP contribution in [-0.2, 0) is 0 Å². The summed E-state index contributed by atoms with van der Waals surface area (Å²) >= 11 is 0. The maximum absolute atomic E-state index is 12.8. The lowest BCUT2D eigenvalue weighted by Crippen LogP contribution is -2.38. The number of hydrogen-bond acceptors (Lipinski definition) is 6. The number of carbonyl (C=O) groups is 1. The first-order valence-corrected chi connectivity index (χ1v) is 8.37. The number of aromatic nitrogens is 2. The number of nitrogens with one attached hydrogen (secondary N) is 2. The zero-order valence-electron chi connectivity index (χ0n) is 15.5. The molecule has 0 aliphatic heterocycles. The summed E-state index contributed by atoms with van der Waals surface area (Å²) in [6, 6.07) is 10.3. The number of methoxy groups -OCH3 is 1. The van der Waals surface area contributed by atoms with Crippen LogP contribution in [0.1, 0.15) is 15.9 Å². The summed E-state index contributed by atoms with van der Waals surface area (Å²) in [4.78, 5) is 50.3. The van der Waals surface area contributed by atoms with Crippen LogP contribution in [0.3, 0.4) is 0 Å². The number of amides is 1. The number of rotatable bonds is 5. The van der Waals surface area contributed by atoms with Crippen LogP contribution < -0.4 is 21.3 Å². The molecule has 0 spiro atoms. The van der Waals surface area contributed by atoms with Gasteiger partial charge in [-0.05, 0) is 25.1 Å². The summed E-state index contributed by atoms with van der Waals surface area (Å²) in [6.45, 7) is 1.85. The highest BCUT2D eigenvalue weighted by atomic mass is 16.6. The lowest BCUT2D eigenvalue weighted by Gasteiger charge is -2.11. The lowest BCUT2D eigenvalue weighted by atomic mass is 10.2. The molecule has 0 saturated carbocycles. The van der Waals surface area contributed by atoms with E-state index in [1.807, 2.05) is 6.92 Å². The average Bonchev–Trinajstić information content (AvgIpc) is 2.69. The maximum atomic E-state index is 12.8. The van der Waals surface area contributed by atoms with Gasteiger partial charge >= 0.3 is 5.69 Å². The van der Waals surface area contributed by atoms with Crippen molar-refractivity contribution in [3.8, 4) is 11.4 Å². The second-order valence-corrected chi connectivity index (χ2v) is 6.08. The molecule has 0 bridgehead atoms. The lowest BCUT2D eigenvalue weighted by molar-refractivity contribution is -0.384. The van der Waals surface area contributed by atoms with Crippen LogP contribution in [-0.4, -0.2) is 27.5 Å². The molecular formula is C19H16N4O6. The Morgan fingerprint density at radius 1 is 1.17 bits per heavy atom. The van der Waals surface area contributed by atoms with E-state index in [4.69, 9.17) is 4.74 Å². The van der Waals surface area contributed by atoms with Crippen molar-refractivity contribution in [3.63, 3.8) is 0 Å². The predicted octanol–water partition coefficient (Wildman–Crippen LogP) is 2.00. The van der Waals surface area contributed by atoms with E-state index >= 15 is 0 Å². The minimum Gasteiger partial charge on any atom is -0.495 e. The Labute approximate surface area is 163 Å². The number of carbonyl (C=O) groups excluding carboxylic acids is 1. The van der Waals surface area contributed by atoms with E-state index in [-0.39, 0.29) is 22.7 Å². The number of nitro benzene ring substituents is 1. The number of ether oxygens (including phenoxy) is 1. The third-order valence-corrected chi connectivity index (χ3v) is 4.16. The third kappa shape index (κ3) is 3.90. The molecule has 2 aromatic carbocycles. The first kappa shape index (κ1) is 19.5. The van der Waals surface area contributed by atoms with Gasteiger partial charge < -0.3 is 15.0 Å². The van der Waals surface area contributed by atoms with Crippen molar-refractivity contribution < 1.29 is 14.5 Å². The SMILES string of the molecule is COc1ccc([N+](=O)[O-])cc1NC(=O)c1c[nH]c(=O)n(-c2ccc(C)cc2)c1=O. The van der Waals surface area contributed by atoms with Gasteiger partial charge in [-0.15, -0.1) is 0 Å². The Morgan fingerprint density at radius 3 is 2.48 bits per heavy atom. The summed E-state index contributed by atoms with van der Waals surface area (Å²) in [7, 11) is 1.33. The molecule has 10 heteroatoms. The van der Waals surface area contributed by atoms with Crippen molar-refractivity contribution in [3.05, 3.63) is 90.7 Å². The van der Waals surface area contributed by atoms with E-state index in [9.17, 15) is 24.5 Å². The zero-order chi connectivity index (χ0) is 21.1. The molecule has 0 fully saturated rings. The molecule has 1 aromatic heterocycles. The molecule has 0 atom stereocenters. The molecular weight excluding hydrogens is 380 g/mol. The van der Waals surface area contributed by atoms with E-state index in [0.29, 0.717) is 5.69 Å². The Kier molecular flexibility index (Phi) is 5.26. The third-order valence-electron chi connectivity index (χ3n) is 4.16. The number of hydrogen-bond donors (Lipinski definition) is 2. The zero-order valence-corrected chi connectivity index (χ0v) is 15.5. The second kappa shape index (κ2) is 7.80. The van der Waals surface area contributed by atoms with Gasteiger partial charge in [-0.1, -0.05) is 17.7 Å². The standard InChI is InChI=1S/C19H16N4O6/c1-11-3-5-12(6-4-11)22-18(25)14(10-20-19(22)26)17(24)21-15-9-13(23(27)28)7-8-16(15)29-2/h3-10H,1-2H3,(H,20,26)(H,21,24). The molecule has 0 radical (unpaired) electrons. The second-order valence-electron chi connectivity index (χ2n) is 6.08. The van der Waals surface area contributed by atoms with Crippen molar-refractivity contribution in [1.82, 2.24) is 9.55 Å². The van der Waals surface area contributed by atoms with Crippen LogP contribution in [0, 0.1) is 17.0 Å². The first-order valence-electron chi connectivity index (χ1n) is 8.37. The molecule has 10 nitrogen and oxygen atoms in total. The predicted molar refractivity (Wildman–Crippen MR) is 105 cm³/mol. The Bertz CT molecular complexity index is 1210. The van der Waals surface area contributed by atoms with Gasteiger partial charge in [0.15, 0.2) is 0 Å². The number of benzene rings is 2. The Hall–Kier alpha value is -4.21. The summed E-state index contributed by atoms with van der Waals surface area (Å²) in [5.41, 5.74) is -0.908. The largest absolute Gasteiger partial charge is 0.495 e. The molecule has 29 heavy (non-hydrogen) atoms. The number of nitro groups is 1. The molecule has 0 saturated heterocycles. The molecule has 2 N–H and O–H groups in total. The summed E-state index contributed by atoms with van der Waals surface area (Å²) in [6.07, 6.45) is 0.995. The van der Waals surface area contributed by atoms with Crippen LogP contribution in [0.2, 0.25) is 0 Å². The molecule has 1 heterocycles. The van der Waals surface area contributed by atoms with E-state index < -0.39 is 22.1 Å². The van der Waals surface area contributed by atoms with Crippen LogP contribution in [0.25, 0.3) is 5.69 Å². The van der Waals surface area contributed by atoms with Crippen molar-refractivity contribution >= 4 is 17.3 Å². The fourth-order valence-corrected chi connectivity index (χ4v) is 2.66. The number of aryl methyl sites for hydroxylation is 1. The van der Waals surface area contributed by atoms with Gasteiger partial charge in [-0.3, -0.25) is 19.7 Å². The van der Waals surface area contributed by atoms with Crippen molar-refractivity contribution in [2.24, 2.45) is 0 Å². The molecule has 1 amide bonds. The van der Waals surface area contributed by atoms with Crippen molar-refractivity contribution in [2.45, 2.75) is 6.92 Å². The van der Waals surface area contributed by atoms with Gasteiger partial charge in [0.2, 0.25) is 0 Å². The van der Waals surface area contributed by atoms with Crippen molar-refractivity contribution in [2.75, 3.05) is 12.4 Å². The van der Waals surface area contributed by atoms with Crippen molar-refractivity contribution in [1.29, 1.82) is 0 Å². The molecule has 3 aromatic rings. The molecule has 0 aliphatic carbocycles. The van der Waals surface area contributed by atoms with Gasteiger partial charge in [0, 0.05) is 18.3 Å². The highest BCUT2D eigenvalue weighted by molar-refractivity contribution is 6.04.